The minimum absolute atomic E-state index is 0.398. The van der Waals surface area contributed by atoms with Crippen LogP contribution in [-0.4, -0.2) is 48.3 Å². The maximum atomic E-state index is 13.1. The number of hydrogen-bond acceptors (Lipinski definition) is 1. The van der Waals surface area contributed by atoms with Crippen LogP contribution in [0.2, 0.25) is 0 Å². The lowest BCUT2D eigenvalue weighted by Crippen LogP contribution is -2.72. The van der Waals surface area contributed by atoms with Crippen molar-refractivity contribution in [3.63, 3.8) is 0 Å². The molecule has 1 unspecified atom stereocenters. The molecule has 0 radical (unpaired) electrons. The van der Waals surface area contributed by atoms with Gasteiger partial charge in [-0.05, 0) is 0 Å². The van der Waals surface area contributed by atoms with E-state index in [1.165, 1.54) is 0 Å². The van der Waals surface area contributed by atoms with E-state index >= 15 is 0 Å². The van der Waals surface area contributed by atoms with Gasteiger partial charge in [0.2, 0.25) is 0 Å². The Labute approximate surface area is 133 Å². The number of ether oxygens (including phenoxy) is 1. The summed E-state index contributed by atoms with van der Waals surface area (Å²) in [5.74, 6) is -46.5. The molecular formula is C10H5F15O. The first-order chi connectivity index (χ1) is 11.2. The van der Waals surface area contributed by atoms with Crippen LogP contribution in [-0.2, 0) is 4.74 Å². The Morgan fingerprint density at radius 3 is 1.15 bits per heavy atom. The molecule has 0 rings (SSSR count). The first-order valence-electron chi connectivity index (χ1n) is 5.63. The van der Waals surface area contributed by atoms with Crippen molar-refractivity contribution in [3.05, 3.63) is 12.8 Å². The molecule has 0 saturated carbocycles. The fourth-order valence-corrected chi connectivity index (χ4v) is 1.26. The van der Waals surface area contributed by atoms with Crippen molar-refractivity contribution in [2.45, 2.75) is 48.3 Å². The molecule has 0 saturated heterocycles. The average molecular weight is 426 g/mol. The number of rotatable bonds is 9. The topological polar surface area (TPSA) is 9.23 Å². The number of alkyl halides is 15. The normalized spacial score (nSPS) is 16.6. The summed E-state index contributed by atoms with van der Waals surface area (Å²) in [6, 6.07) is 0. The smallest absolute Gasteiger partial charge is 0.385 e. The first-order valence-corrected chi connectivity index (χ1v) is 5.63. The summed E-state index contributed by atoms with van der Waals surface area (Å²) in [6.07, 6.45) is -11.1. The van der Waals surface area contributed by atoms with Gasteiger partial charge in [-0.15, -0.1) is 0 Å². The second-order valence-corrected chi connectivity index (χ2v) is 4.46. The Morgan fingerprint density at radius 1 is 0.577 bits per heavy atom. The molecule has 0 bridgehead atoms. The van der Waals surface area contributed by atoms with Crippen LogP contribution in [0.15, 0.2) is 12.8 Å². The minimum Gasteiger partial charge on any atom is -0.463 e. The molecule has 156 valence electrons. The predicted octanol–water partition coefficient (Wildman–Crippen LogP) is 5.52. The van der Waals surface area contributed by atoms with Crippen molar-refractivity contribution < 1.29 is 70.6 Å². The second kappa shape index (κ2) is 6.58. The molecule has 0 aromatic rings. The lowest BCUT2D eigenvalue weighted by molar-refractivity contribution is -0.441. The van der Waals surface area contributed by atoms with Crippen LogP contribution in [0.5, 0.6) is 0 Å². The Kier molecular flexibility index (Phi) is 6.20. The summed E-state index contributed by atoms with van der Waals surface area (Å²) in [5.41, 5.74) is 0. The van der Waals surface area contributed by atoms with E-state index in [4.69, 9.17) is 0 Å². The molecule has 0 aliphatic rings. The van der Waals surface area contributed by atoms with Crippen molar-refractivity contribution in [2.24, 2.45) is 0 Å². The van der Waals surface area contributed by atoms with Crippen LogP contribution in [0.25, 0.3) is 0 Å². The summed E-state index contributed by atoms with van der Waals surface area (Å²) in [7, 11) is 0. The standard InChI is InChI=1S/C10H5F15O/c1-2-26-4(13)6(16,17)8(20,21)10(24,25)9(22,23)7(18,19)5(14,15)3(11)12/h2-4H,1H2. The van der Waals surface area contributed by atoms with Crippen LogP contribution in [0.1, 0.15) is 0 Å². The van der Waals surface area contributed by atoms with E-state index in [9.17, 15) is 65.9 Å². The highest BCUT2D eigenvalue weighted by atomic mass is 19.4. The monoisotopic (exact) mass is 426 g/mol. The van der Waals surface area contributed by atoms with Crippen molar-refractivity contribution in [1.82, 2.24) is 0 Å². The van der Waals surface area contributed by atoms with Crippen molar-refractivity contribution >= 4 is 0 Å². The van der Waals surface area contributed by atoms with Gasteiger partial charge >= 0.3 is 48.3 Å². The highest BCUT2D eigenvalue weighted by molar-refractivity contribution is 5.12. The summed E-state index contributed by atoms with van der Waals surface area (Å²) in [6.45, 7) is 2.32. The second-order valence-electron chi connectivity index (χ2n) is 4.46. The fraction of sp³-hybridized carbons (Fsp3) is 0.800. The molecule has 0 aromatic carbocycles. The van der Waals surface area contributed by atoms with Crippen LogP contribution in [0.4, 0.5) is 65.9 Å². The molecule has 0 aliphatic carbocycles. The van der Waals surface area contributed by atoms with Crippen LogP contribution < -0.4 is 0 Å². The molecule has 0 fully saturated rings. The summed E-state index contributed by atoms with van der Waals surface area (Å²) in [5, 5.41) is 0. The zero-order valence-corrected chi connectivity index (χ0v) is 11.5. The lowest BCUT2D eigenvalue weighted by Gasteiger charge is -2.41. The van der Waals surface area contributed by atoms with Gasteiger partial charge in [0.15, 0.2) is 0 Å². The van der Waals surface area contributed by atoms with E-state index in [0.29, 0.717) is 0 Å². The molecular weight excluding hydrogens is 421 g/mol. The van der Waals surface area contributed by atoms with Gasteiger partial charge in [-0.3, -0.25) is 0 Å². The van der Waals surface area contributed by atoms with Crippen LogP contribution in [0, 0.1) is 0 Å². The zero-order valence-electron chi connectivity index (χ0n) is 11.5. The first kappa shape index (κ1) is 24.5. The Balaban J connectivity index is 6.39. The maximum absolute atomic E-state index is 13.1. The molecule has 0 N–H and O–H groups in total. The van der Waals surface area contributed by atoms with Crippen LogP contribution in [0.3, 0.4) is 0 Å². The molecule has 1 atom stereocenters. The predicted molar refractivity (Wildman–Crippen MR) is 51.9 cm³/mol. The fourth-order valence-electron chi connectivity index (χ4n) is 1.26. The van der Waals surface area contributed by atoms with Crippen molar-refractivity contribution in [2.75, 3.05) is 0 Å². The van der Waals surface area contributed by atoms with Crippen molar-refractivity contribution in [1.29, 1.82) is 0 Å². The molecule has 1 nitrogen and oxygen atoms in total. The third-order valence-corrected chi connectivity index (χ3v) is 2.80. The highest BCUT2D eigenvalue weighted by Gasteiger charge is 2.92. The molecule has 0 spiro atoms. The molecule has 16 heteroatoms. The third-order valence-electron chi connectivity index (χ3n) is 2.80. The van der Waals surface area contributed by atoms with Crippen LogP contribution >= 0.6 is 0 Å². The summed E-state index contributed by atoms with van der Waals surface area (Å²) < 4.78 is 194. The van der Waals surface area contributed by atoms with E-state index < -0.39 is 54.6 Å². The van der Waals surface area contributed by atoms with Crippen molar-refractivity contribution in [3.8, 4) is 0 Å². The van der Waals surface area contributed by atoms with E-state index in [-0.39, 0.29) is 0 Å². The number of halogens is 15. The quantitative estimate of drug-likeness (QED) is 0.349. The van der Waals surface area contributed by atoms with Gasteiger partial charge in [0.25, 0.3) is 0 Å². The Morgan fingerprint density at radius 2 is 0.885 bits per heavy atom. The third kappa shape index (κ3) is 3.04. The van der Waals surface area contributed by atoms with Gasteiger partial charge in [-0.1, -0.05) is 6.58 Å². The Hall–Kier alpha value is -1.51. The molecule has 0 aliphatic heterocycles. The largest absolute Gasteiger partial charge is 0.463 e. The lowest BCUT2D eigenvalue weighted by atomic mass is 9.91. The molecule has 0 aromatic heterocycles. The average Bonchev–Trinajstić information content (AvgIpc) is 2.45. The van der Waals surface area contributed by atoms with Gasteiger partial charge < -0.3 is 4.74 Å². The minimum atomic E-state index is -8.19. The van der Waals surface area contributed by atoms with Gasteiger partial charge in [0.1, 0.15) is 0 Å². The molecule has 0 amide bonds. The SMILES string of the molecule is C=COC(F)C(F)(F)C(F)(F)C(F)(F)C(F)(F)C(F)(F)C(F)(F)C(F)F. The van der Waals surface area contributed by atoms with E-state index in [0.717, 1.165) is 0 Å². The van der Waals surface area contributed by atoms with Gasteiger partial charge in [0.05, 0.1) is 6.26 Å². The maximum Gasteiger partial charge on any atom is 0.385 e. The molecule has 26 heavy (non-hydrogen) atoms. The highest BCUT2D eigenvalue weighted by Crippen LogP contribution is 2.61. The summed E-state index contributed by atoms with van der Waals surface area (Å²) >= 11 is 0. The van der Waals surface area contributed by atoms with Gasteiger partial charge in [-0.25, -0.2) is 8.78 Å². The van der Waals surface area contributed by atoms with E-state index in [1.807, 2.05) is 0 Å². The molecule has 0 heterocycles. The van der Waals surface area contributed by atoms with E-state index in [1.54, 1.807) is 0 Å². The Bertz CT molecular complexity index is 511. The van der Waals surface area contributed by atoms with Gasteiger partial charge in [0, 0.05) is 0 Å². The number of hydrogen-bond donors (Lipinski definition) is 0. The zero-order chi connectivity index (χ0) is 21.6. The summed E-state index contributed by atoms with van der Waals surface area (Å²) in [4.78, 5) is 0. The van der Waals surface area contributed by atoms with E-state index in [2.05, 4.69) is 11.3 Å². The van der Waals surface area contributed by atoms with Gasteiger partial charge in [-0.2, -0.15) is 57.1 Å².